The first-order valence-corrected chi connectivity index (χ1v) is 4.85. The van der Waals surface area contributed by atoms with Crippen molar-refractivity contribution in [2.45, 2.75) is 5.88 Å². The van der Waals surface area contributed by atoms with Crippen LogP contribution in [0.3, 0.4) is 0 Å². The van der Waals surface area contributed by atoms with E-state index >= 15 is 0 Å². The summed E-state index contributed by atoms with van der Waals surface area (Å²) in [7, 11) is 0. The highest BCUT2D eigenvalue weighted by atomic mass is 35.5. The molecule has 2 nitrogen and oxygen atoms in total. The number of rotatable bonds is 2. The van der Waals surface area contributed by atoms with Gasteiger partial charge in [-0.1, -0.05) is 6.07 Å². The normalized spacial score (nSPS) is 10.1. The molecule has 0 fully saturated rings. The maximum atomic E-state index is 5.67. The molecule has 0 saturated heterocycles. The van der Waals surface area contributed by atoms with Gasteiger partial charge in [-0.15, -0.1) is 11.6 Å². The predicted octanol–water partition coefficient (Wildman–Crippen LogP) is 2.88. The Labute approximate surface area is 87.6 Å². The molecule has 2 rings (SSSR count). The average molecular weight is 205 g/mol. The Morgan fingerprint density at radius 2 is 2.07 bits per heavy atom. The number of hydrogen-bond acceptors (Lipinski definition) is 2. The number of pyridine rings is 2. The van der Waals surface area contributed by atoms with Gasteiger partial charge in [-0.25, -0.2) is 0 Å². The third kappa shape index (κ3) is 1.91. The highest BCUT2D eigenvalue weighted by molar-refractivity contribution is 6.17. The summed E-state index contributed by atoms with van der Waals surface area (Å²) in [4.78, 5) is 8.33. The zero-order valence-electron chi connectivity index (χ0n) is 7.52. The van der Waals surface area contributed by atoms with Crippen molar-refractivity contribution in [1.82, 2.24) is 9.97 Å². The van der Waals surface area contributed by atoms with Crippen LogP contribution in [0, 0.1) is 0 Å². The van der Waals surface area contributed by atoms with Crippen LogP contribution in [-0.4, -0.2) is 9.97 Å². The minimum atomic E-state index is 0.500. The largest absolute Gasteiger partial charge is 0.264 e. The number of hydrogen-bond donors (Lipinski definition) is 0. The van der Waals surface area contributed by atoms with E-state index in [2.05, 4.69) is 9.97 Å². The van der Waals surface area contributed by atoms with E-state index in [1.54, 1.807) is 18.6 Å². The van der Waals surface area contributed by atoms with Crippen molar-refractivity contribution in [3.8, 4) is 11.3 Å². The molecule has 0 aliphatic carbocycles. The van der Waals surface area contributed by atoms with Gasteiger partial charge in [0.1, 0.15) is 0 Å². The summed E-state index contributed by atoms with van der Waals surface area (Å²) in [5.41, 5.74) is 2.97. The van der Waals surface area contributed by atoms with Gasteiger partial charge in [0, 0.05) is 30.0 Å². The maximum Gasteiger partial charge on any atom is 0.0717 e. The van der Waals surface area contributed by atoms with E-state index in [1.807, 2.05) is 24.3 Å². The van der Waals surface area contributed by atoms with Crippen molar-refractivity contribution < 1.29 is 0 Å². The SMILES string of the molecule is ClCc1ccc(-c2cccnc2)nc1. The number of aromatic nitrogens is 2. The van der Waals surface area contributed by atoms with Crippen molar-refractivity contribution in [2.75, 3.05) is 0 Å². The Morgan fingerprint density at radius 3 is 2.64 bits per heavy atom. The summed E-state index contributed by atoms with van der Waals surface area (Å²) in [6.45, 7) is 0. The predicted molar refractivity (Wildman–Crippen MR) is 57.0 cm³/mol. The molecular weight excluding hydrogens is 196 g/mol. The fourth-order valence-corrected chi connectivity index (χ4v) is 1.35. The minimum Gasteiger partial charge on any atom is -0.264 e. The quantitative estimate of drug-likeness (QED) is 0.703. The molecule has 70 valence electrons. The van der Waals surface area contributed by atoms with Gasteiger partial charge in [0.25, 0.3) is 0 Å². The molecule has 0 bridgehead atoms. The summed E-state index contributed by atoms with van der Waals surface area (Å²) in [5.74, 6) is 0.500. The molecular formula is C11H9ClN2. The van der Waals surface area contributed by atoms with Crippen molar-refractivity contribution in [3.05, 3.63) is 48.4 Å². The van der Waals surface area contributed by atoms with Crippen LogP contribution in [-0.2, 0) is 5.88 Å². The maximum absolute atomic E-state index is 5.67. The van der Waals surface area contributed by atoms with Gasteiger partial charge in [0.05, 0.1) is 5.69 Å². The molecule has 2 heterocycles. The Bertz CT molecular complexity index is 397. The summed E-state index contributed by atoms with van der Waals surface area (Å²) in [6, 6.07) is 7.80. The van der Waals surface area contributed by atoms with Gasteiger partial charge in [-0.05, 0) is 23.8 Å². The van der Waals surface area contributed by atoms with Crippen LogP contribution in [0.5, 0.6) is 0 Å². The van der Waals surface area contributed by atoms with Gasteiger partial charge in [-0.3, -0.25) is 9.97 Å². The standard InChI is InChI=1S/C11H9ClN2/c12-6-9-3-4-11(14-7-9)10-2-1-5-13-8-10/h1-5,7-8H,6H2. The van der Waals surface area contributed by atoms with Crippen molar-refractivity contribution in [3.63, 3.8) is 0 Å². The van der Waals surface area contributed by atoms with E-state index in [1.165, 1.54) is 0 Å². The monoisotopic (exact) mass is 204 g/mol. The van der Waals surface area contributed by atoms with Crippen LogP contribution >= 0.6 is 11.6 Å². The van der Waals surface area contributed by atoms with E-state index in [4.69, 9.17) is 11.6 Å². The molecule has 0 atom stereocenters. The molecule has 0 unspecified atom stereocenters. The van der Waals surface area contributed by atoms with Gasteiger partial charge >= 0.3 is 0 Å². The number of alkyl halides is 1. The summed E-state index contributed by atoms with van der Waals surface area (Å²) in [6.07, 6.45) is 5.33. The molecule has 0 amide bonds. The lowest BCUT2D eigenvalue weighted by Crippen LogP contribution is -1.85. The van der Waals surface area contributed by atoms with Crippen LogP contribution in [0.2, 0.25) is 0 Å². The molecule has 0 spiro atoms. The summed E-state index contributed by atoms with van der Waals surface area (Å²) >= 11 is 5.67. The summed E-state index contributed by atoms with van der Waals surface area (Å²) in [5, 5.41) is 0. The first-order chi connectivity index (χ1) is 6.90. The third-order valence-electron chi connectivity index (χ3n) is 1.94. The first kappa shape index (κ1) is 9.16. The van der Waals surface area contributed by atoms with Crippen molar-refractivity contribution >= 4 is 11.6 Å². The van der Waals surface area contributed by atoms with E-state index in [0.717, 1.165) is 16.8 Å². The van der Waals surface area contributed by atoms with Crippen LogP contribution in [0.15, 0.2) is 42.9 Å². The smallest absolute Gasteiger partial charge is 0.0717 e. The lowest BCUT2D eigenvalue weighted by molar-refractivity contribution is 1.23. The molecule has 0 aromatic carbocycles. The van der Waals surface area contributed by atoms with Crippen LogP contribution < -0.4 is 0 Å². The van der Waals surface area contributed by atoms with E-state index < -0.39 is 0 Å². The number of halogens is 1. The fourth-order valence-electron chi connectivity index (χ4n) is 1.19. The molecule has 0 aliphatic rings. The highest BCUT2D eigenvalue weighted by Crippen LogP contribution is 2.15. The van der Waals surface area contributed by atoms with Crippen LogP contribution in [0.1, 0.15) is 5.56 Å². The van der Waals surface area contributed by atoms with Gasteiger partial charge in [0.2, 0.25) is 0 Å². The Balaban J connectivity index is 2.34. The topological polar surface area (TPSA) is 25.8 Å². The van der Waals surface area contributed by atoms with E-state index in [9.17, 15) is 0 Å². The molecule has 0 saturated carbocycles. The van der Waals surface area contributed by atoms with Gasteiger partial charge < -0.3 is 0 Å². The lowest BCUT2D eigenvalue weighted by atomic mass is 10.2. The minimum absolute atomic E-state index is 0.500. The molecule has 2 aromatic rings. The molecule has 0 radical (unpaired) electrons. The van der Waals surface area contributed by atoms with Crippen molar-refractivity contribution in [2.24, 2.45) is 0 Å². The van der Waals surface area contributed by atoms with Crippen molar-refractivity contribution in [1.29, 1.82) is 0 Å². The molecule has 2 aromatic heterocycles. The Hall–Kier alpha value is -1.41. The Kier molecular flexibility index (Phi) is 2.75. The van der Waals surface area contributed by atoms with E-state index in [-0.39, 0.29) is 0 Å². The number of nitrogens with zero attached hydrogens (tertiary/aromatic N) is 2. The second-order valence-electron chi connectivity index (χ2n) is 2.93. The average Bonchev–Trinajstić information content (AvgIpc) is 2.30. The third-order valence-corrected chi connectivity index (χ3v) is 2.24. The van der Waals surface area contributed by atoms with Gasteiger partial charge in [-0.2, -0.15) is 0 Å². The van der Waals surface area contributed by atoms with Crippen LogP contribution in [0.4, 0.5) is 0 Å². The molecule has 3 heteroatoms. The zero-order valence-corrected chi connectivity index (χ0v) is 8.28. The van der Waals surface area contributed by atoms with Crippen LogP contribution in [0.25, 0.3) is 11.3 Å². The second kappa shape index (κ2) is 4.20. The second-order valence-corrected chi connectivity index (χ2v) is 3.19. The molecule has 14 heavy (non-hydrogen) atoms. The lowest BCUT2D eigenvalue weighted by Gasteiger charge is -2.00. The first-order valence-electron chi connectivity index (χ1n) is 4.31. The molecule has 0 aliphatic heterocycles. The highest BCUT2D eigenvalue weighted by Gasteiger charge is 1.98. The van der Waals surface area contributed by atoms with E-state index in [0.29, 0.717) is 5.88 Å². The summed E-state index contributed by atoms with van der Waals surface area (Å²) < 4.78 is 0. The zero-order chi connectivity index (χ0) is 9.80. The van der Waals surface area contributed by atoms with Gasteiger partial charge in [0.15, 0.2) is 0 Å². The Morgan fingerprint density at radius 1 is 1.14 bits per heavy atom. The molecule has 0 N–H and O–H groups in total. The fraction of sp³-hybridized carbons (Fsp3) is 0.0909.